The van der Waals surface area contributed by atoms with Gasteiger partial charge in [0.25, 0.3) is 5.91 Å². The minimum absolute atomic E-state index is 0.130. The molecular formula is C26H27N5O. The van der Waals surface area contributed by atoms with Crippen molar-refractivity contribution in [3.05, 3.63) is 83.2 Å². The molecule has 1 amide bonds. The normalized spacial score (nSPS) is 15.0. The second-order valence-electron chi connectivity index (χ2n) is 9.00. The fraction of sp³-hybridized carbons (Fsp3) is 0.308. The SMILES string of the molecule is CC1(C)CC=C(c2cc(CCc3ccccn3)ccc2NC(=O)c2nc(C#N)c[nH]2)CC1. The van der Waals surface area contributed by atoms with Gasteiger partial charge in [-0.15, -0.1) is 0 Å². The van der Waals surface area contributed by atoms with Crippen LogP contribution in [0.2, 0.25) is 0 Å². The number of carbonyl (C=O) groups excluding carboxylic acids is 1. The summed E-state index contributed by atoms with van der Waals surface area (Å²) in [5.41, 5.74) is 5.84. The van der Waals surface area contributed by atoms with Gasteiger partial charge in [0.2, 0.25) is 0 Å². The summed E-state index contributed by atoms with van der Waals surface area (Å²) in [7, 11) is 0. The lowest BCUT2D eigenvalue weighted by Crippen LogP contribution is -2.17. The fourth-order valence-corrected chi connectivity index (χ4v) is 3.94. The van der Waals surface area contributed by atoms with E-state index < -0.39 is 0 Å². The lowest BCUT2D eigenvalue weighted by Gasteiger charge is -2.29. The zero-order valence-corrected chi connectivity index (χ0v) is 18.5. The quantitative estimate of drug-likeness (QED) is 0.560. The number of allylic oxidation sites excluding steroid dienone is 2. The Morgan fingerprint density at radius 3 is 2.81 bits per heavy atom. The summed E-state index contributed by atoms with van der Waals surface area (Å²) in [6.45, 7) is 4.58. The van der Waals surface area contributed by atoms with E-state index in [2.05, 4.69) is 52.3 Å². The second kappa shape index (κ2) is 9.19. The van der Waals surface area contributed by atoms with Crippen LogP contribution in [0.15, 0.2) is 54.9 Å². The Bertz CT molecular complexity index is 1180. The van der Waals surface area contributed by atoms with Crippen molar-refractivity contribution in [1.29, 1.82) is 5.26 Å². The molecule has 32 heavy (non-hydrogen) atoms. The molecule has 0 spiro atoms. The van der Waals surface area contributed by atoms with E-state index in [9.17, 15) is 4.79 Å². The third-order valence-corrected chi connectivity index (χ3v) is 5.95. The predicted octanol–water partition coefficient (Wildman–Crippen LogP) is 5.31. The summed E-state index contributed by atoms with van der Waals surface area (Å²) in [4.78, 5) is 23.9. The van der Waals surface area contributed by atoms with Crippen molar-refractivity contribution in [2.75, 3.05) is 5.32 Å². The molecule has 0 saturated heterocycles. The van der Waals surface area contributed by atoms with Crippen molar-refractivity contribution in [2.24, 2.45) is 5.41 Å². The smallest absolute Gasteiger partial charge is 0.291 e. The van der Waals surface area contributed by atoms with Crippen LogP contribution >= 0.6 is 0 Å². The first kappa shape index (κ1) is 21.5. The first-order valence-corrected chi connectivity index (χ1v) is 10.9. The minimum Gasteiger partial charge on any atom is -0.339 e. The Balaban J connectivity index is 1.60. The Kier molecular flexibility index (Phi) is 6.18. The molecule has 1 aliphatic carbocycles. The van der Waals surface area contributed by atoms with Crippen molar-refractivity contribution in [1.82, 2.24) is 15.0 Å². The molecule has 1 aliphatic rings. The highest BCUT2D eigenvalue weighted by atomic mass is 16.2. The van der Waals surface area contributed by atoms with Crippen LogP contribution in [-0.4, -0.2) is 20.9 Å². The monoisotopic (exact) mass is 425 g/mol. The maximum absolute atomic E-state index is 12.7. The van der Waals surface area contributed by atoms with E-state index in [0.29, 0.717) is 5.41 Å². The third kappa shape index (κ3) is 5.12. The van der Waals surface area contributed by atoms with E-state index in [1.807, 2.05) is 36.5 Å². The number of nitriles is 1. The van der Waals surface area contributed by atoms with Gasteiger partial charge in [0, 0.05) is 29.3 Å². The highest BCUT2D eigenvalue weighted by molar-refractivity contribution is 6.03. The molecular weight excluding hydrogens is 398 g/mol. The summed E-state index contributed by atoms with van der Waals surface area (Å²) >= 11 is 0. The Hall–Kier alpha value is -3.72. The first-order valence-electron chi connectivity index (χ1n) is 10.9. The Morgan fingerprint density at radius 1 is 1.25 bits per heavy atom. The zero-order valence-electron chi connectivity index (χ0n) is 18.5. The first-order chi connectivity index (χ1) is 15.4. The molecule has 3 aromatic rings. The second-order valence-corrected chi connectivity index (χ2v) is 9.00. The van der Waals surface area contributed by atoms with E-state index in [4.69, 9.17) is 5.26 Å². The number of aryl methyl sites for hydroxylation is 2. The standard InChI is InChI=1S/C26H27N5O/c1-26(2)12-10-19(11-13-26)22-15-18(6-8-20-5-3-4-14-28-20)7-9-23(22)31-25(32)24-29-17-21(16-27)30-24/h3-5,7,9-10,14-15,17H,6,8,11-13H2,1-2H3,(H,29,30)(H,31,32). The van der Waals surface area contributed by atoms with Gasteiger partial charge in [-0.2, -0.15) is 5.26 Å². The van der Waals surface area contributed by atoms with Gasteiger partial charge in [0.1, 0.15) is 6.07 Å². The number of carbonyl (C=O) groups is 1. The van der Waals surface area contributed by atoms with Crippen LogP contribution in [0.5, 0.6) is 0 Å². The Labute approximate surface area is 188 Å². The van der Waals surface area contributed by atoms with E-state index in [-0.39, 0.29) is 17.4 Å². The summed E-state index contributed by atoms with van der Waals surface area (Å²) in [5.74, 6) is -0.226. The van der Waals surface area contributed by atoms with Crippen LogP contribution in [0.4, 0.5) is 5.69 Å². The summed E-state index contributed by atoms with van der Waals surface area (Å²) in [6.07, 6.45) is 10.4. The molecule has 2 aromatic heterocycles. The van der Waals surface area contributed by atoms with E-state index in [1.54, 1.807) is 0 Å². The van der Waals surface area contributed by atoms with Gasteiger partial charge in [-0.3, -0.25) is 9.78 Å². The Morgan fingerprint density at radius 2 is 2.12 bits per heavy atom. The van der Waals surface area contributed by atoms with Crippen molar-refractivity contribution in [3.8, 4) is 6.07 Å². The number of H-pyrrole nitrogens is 1. The maximum atomic E-state index is 12.7. The number of benzene rings is 1. The molecule has 0 unspecified atom stereocenters. The van der Waals surface area contributed by atoms with Crippen LogP contribution < -0.4 is 5.32 Å². The number of hydrogen-bond donors (Lipinski definition) is 2. The van der Waals surface area contributed by atoms with Gasteiger partial charge in [0.05, 0.1) is 0 Å². The number of aromatic nitrogens is 3. The van der Waals surface area contributed by atoms with E-state index >= 15 is 0 Å². The van der Waals surface area contributed by atoms with Crippen LogP contribution in [0.1, 0.15) is 66.2 Å². The average Bonchev–Trinajstić information content (AvgIpc) is 3.29. The largest absolute Gasteiger partial charge is 0.339 e. The number of nitrogens with zero attached hydrogens (tertiary/aromatic N) is 3. The fourth-order valence-electron chi connectivity index (χ4n) is 3.94. The average molecular weight is 426 g/mol. The molecule has 2 heterocycles. The van der Waals surface area contributed by atoms with Gasteiger partial charge < -0.3 is 10.3 Å². The number of pyridine rings is 1. The van der Waals surface area contributed by atoms with Gasteiger partial charge >= 0.3 is 0 Å². The molecule has 162 valence electrons. The topological polar surface area (TPSA) is 94.5 Å². The number of imidazole rings is 1. The summed E-state index contributed by atoms with van der Waals surface area (Å²) in [5, 5.41) is 12.0. The van der Waals surface area contributed by atoms with Gasteiger partial charge in [-0.05, 0) is 72.9 Å². The molecule has 0 fully saturated rings. The highest BCUT2D eigenvalue weighted by Gasteiger charge is 2.24. The molecule has 6 heteroatoms. The molecule has 0 atom stereocenters. The molecule has 4 rings (SSSR count). The molecule has 2 N–H and O–H groups in total. The number of amides is 1. The lowest BCUT2D eigenvalue weighted by molar-refractivity contribution is 0.101. The van der Waals surface area contributed by atoms with Gasteiger partial charge in [-0.1, -0.05) is 32.1 Å². The number of rotatable bonds is 6. The lowest BCUT2D eigenvalue weighted by atomic mass is 9.76. The third-order valence-electron chi connectivity index (χ3n) is 5.95. The molecule has 0 bridgehead atoms. The minimum atomic E-state index is -0.356. The molecule has 0 aliphatic heterocycles. The predicted molar refractivity (Wildman–Crippen MR) is 125 cm³/mol. The van der Waals surface area contributed by atoms with E-state index in [1.165, 1.54) is 17.3 Å². The molecule has 1 aromatic carbocycles. The van der Waals surface area contributed by atoms with Crippen LogP contribution in [0.25, 0.3) is 5.57 Å². The summed E-state index contributed by atoms with van der Waals surface area (Å²) < 4.78 is 0. The van der Waals surface area contributed by atoms with Gasteiger partial charge in [-0.25, -0.2) is 4.98 Å². The molecule has 0 radical (unpaired) electrons. The van der Waals surface area contributed by atoms with Crippen LogP contribution in [0.3, 0.4) is 0 Å². The van der Waals surface area contributed by atoms with Crippen molar-refractivity contribution < 1.29 is 4.79 Å². The van der Waals surface area contributed by atoms with Gasteiger partial charge in [0.15, 0.2) is 11.5 Å². The van der Waals surface area contributed by atoms with Crippen LogP contribution in [0, 0.1) is 16.7 Å². The van der Waals surface area contributed by atoms with Crippen LogP contribution in [-0.2, 0) is 12.8 Å². The number of aromatic amines is 1. The zero-order chi connectivity index (χ0) is 22.6. The van der Waals surface area contributed by atoms with Crippen molar-refractivity contribution >= 4 is 17.2 Å². The van der Waals surface area contributed by atoms with Crippen molar-refractivity contribution in [2.45, 2.75) is 46.0 Å². The molecule has 0 saturated carbocycles. The van der Waals surface area contributed by atoms with Crippen molar-refractivity contribution in [3.63, 3.8) is 0 Å². The van der Waals surface area contributed by atoms with E-state index in [0.717, 1.165) is 49.0 Å². The number of nitrogens with one attached hydrogen (secondary N) is 2. The maximum Gasteiger partial charge on any atom is 0.291 e. The highest BCUT2D eigenvalue weighted by Crippen LogP contribution is 2.40. The number of hydrogen-bond acceptors (Lipinski definition) is 4. The molecule has 6 nitrogen and oxygen atoms in total. The summed E-state index contributed by atoms with van der Waals surface area (Å²) in [6, 6.07) is 14.1. The number of anilines is 1.